The Labute approximate surface area is 101 Å². The van der Waals surface area contributed by atoms with Crippen LogP contribution in [0.3, 0.4) is 0 Å². The van der Waals surface area contributed by atoms with Crippen LogP contribution in [0.2, 0.25) is 0 Å². The molecule has 2 heterocycles. The maximum atomic E-state index is 11.3. The van der Waals surface area contributed by atoms with E-state index in [0.717, 1.165) is 24.4 Å². The maximum Gasteiger partial charge on any atom is 0.300 e. The molecule has 17 heavy (non-hydrogen) atoms. The molecule has 0 saturated carbocycles. The number of carbonyl (C=O) groups is 1. The average molecular weight is 237 g/mol. The van der Waals surface area contributed by atoms with Crippen LogP contribution < -0.4 is 11.3 Å². The van der Waals surface area contributed by atoms with E-state index in [-0.39, 0.29) is 11.7 Å². The number of nitrogens with one attached hydrogen (secondary N) is 1. The predicted octanol–water partition coefficient (Wildman–Crippen LogP) is 1.18. The lowest BCUT2D eigenvalue weighted by Crippen LogP contribution is -2.29. The van der Waals surface area contributed by atoms with E-state index in [4.69, 9.17) is 10.3 Å². The van der Waals surface area contributed by atoms with Gasteiger partial charge >= 0.3 is 5.91 Å². The van der Waals surface area contributed by atoms with Gasteiger partial charge in [0.05, 0.1) is 0 Å². The standard InChI is InChI=1S/C12H19N3O2/c1-8-4-3-5-15(8)7-10-6-11(12(16)14-13)17-9(10)2/h6,8H,3-5,7,13H2,1-2H3,(H,14,16). The molecule has 1 atom stereocenters. The van der Waals surface area contributed by atoms with Gasteiger partial charge in [0.15, 0.2) is 5.76 Å². The first kappa shape index (κ1) is 12.1. The Balaban J connectivity index is 2.10. The van der Waals surface area contributed by atoms with E-state index in [9.17, 15) is 4.79 Å². The molecule has 0 spiro atoms. The Hall–Kier alpha value is -1.33. The Morgan fingerprint density at radius 1 is 1.71 bits per heavy atom. The summed E-state index contributed by atoms with van der Waals surface area (Å²) in [4.78, 5) is 13.7. The minimum absolute atomic E-state index is 0.284. The monoisotopic (exact) mass is 237 g/mol. The van der Waals surface area contributed by atoms with Crippen LogP contribution >= 0.6 is 0 Å². The second-order valence-electron chi connectivity index (χ2n) is 4.63. The van der Waals surface area contributed by atoms with Crippen LogP contribution in [0.1, 0.15) is 41.6 Å². The first-order valence-corrected chi connectivity index (χ1v) is 5.96. The van der Waals surface area contributed by atoms with Crippen LogP contribution in [0.5, 0.6) is 0 Å². The highest BCUT2D eigenvalue weighted by Gasteiger charge is 2.22. The molecule has 0 aromatic carbocycles. The van der Waals surface area contributed by atoms with Crippen molar-refractivity contribution in [2.75, 3.05) is 6.54 Å². The fraction of sp³-hybridized carbons (Fsp3) is 0.583. The summed E-state index contributed by atoms with van der Waals surface area (Å²) in [6, 6.07) is 2.39. The Bertz CT molecular complexity index is 414. The molecule has 1 amide bonds. The van der Waals surface area contributed by atoms with Crippen molar-refractivity contribution in [3.8, 4) is 0 Å². The van der Waals surface area contributed by atoms with E-state index in [1.807, 2.05) is 6.92 Å². The van der Waals surface area contributed by atoms with Gasteiger partial charge in [-0.25, -0.2) is 5.84 Å². The summed E-state index contributed by atoms with van der Waals surface area (Å²) < 4.78 is 5.39. The highest BCUT2D eigenvalue weighted by Crippen LogP contribution is 2.22. The van der Waals surface area contributed by atoms with Gasteiger partial charge in [0.1, 0.15) is 5.76 Å². The first-order valence-electron chi connectivity index (χ1n) is 5.96. The fourth-order valence-corrected chi connectivity index (χ4v) is 2.31. The minimum Gasteiger partial charge on any atom is -0.456 e. The number of hydrogen-bond acceptors (Lipinski definition) is 4. The van der Waals surface area contributed by atoms with Gasteiger partial charge in [0.25, 0.3) is 0 Å². The van der Waals surface area contributed by atoms with Crippen molar-refractivity contribution >= 4 is 5.91 Å². The second-order valence-corrected chi connectivity index (χ2v) is 4.63. The van der Waals surface area contributed by atoms with Gasteiger partial charge in [0, 0.05) is 18.2 Å². The van der Waals surface area contributed by atoms with Crippen molar-refractivity contribution in [2.24, 2.45) is 5.84 Å². The lowest BCUT2D eigenvalue weighted by atomic mass is 10.2. The van der Waals surface area contributed by atoms with Crippen molar-refractivity contribution in [1.82, 2.24) is 10.3 Å². The van der Waals surface area contributed by atoms with Crippen molar-refractivity contribution in [1.29, 1.82) is 0 Å². The maximum absolute atomic E-state index is 11.3. The molecular weight excluding hydrogens is 218 g/mol. The Morgan fingerprint density at radius 2 is 2.47 bits per heavy atom. The van der Waals surface area contributed by atoms with E-state index in [1.165, 1.54) is 12.8 Å². The third-order valence-corrected chi connectivity index (χ3v) is 3.44. The van der Waals surface area contributed by atoms with Gasteiger partial charge in [-0.05, 0) is 39.3 Å². The van der Waals surface area contributed by atoms with Gasteiger partial charge in [-0.2, -0.15) is 0 Å². The van der Waals surface area contributed by atoms with Gasteiger partial charge in [0.2, 0.25) is 0 Å². The summed E-state index contributed by atoms with van der Waals surface area (Å²) in [5.41, 5.74) is 3.14. The number of likely N-dealkylation sites (tertiary alicyclic amines) is 1. The Kier molecular flexibility index (Phi) is 3.49. The molecule has 0 radical (unpaired) electrons. The summed E-state index contributed by atoms with van der Waals surface area (Å²) >= 11 is 0. The quantitative estimate of drug-likeness (QED) is 0.470. The molecule has 3 N–H and O–H groups in total. The van der Waals surface area contributed by atoms with Gasteiger partial charge in [-0.3, -0.25) is 15.1 Å². The van der Waals surface area contributed by atoms with Crippen molar-refractivity contribution in [3.05, 3.63) is 23.2 Å². The molecule has 1 aliphatic rings. The molecule has 1 aliphatic heterocycles. The molecule has 1 aromatic heterocycles. The number of nitrogens with two attached hydrogens (primary N) is 1. The number of amides is 1. The molecule has 0 bridgehead atoms. The highest BCUT2D eigenvalue weighted by atomic mass is 16.4. The van der Waals surface area contributed by atoms with Gasteiger partial charge in [-0.1, -0.05) is 0 Å². The number of nitrogen functional groups attached to an aromatic ring is 1. The first-order chi connectivity index (χ1) is 8.11. The highest BCUT2D eigenvalue weighted by molar-refractivity contribution is 5.91. The number of furan rings is 1. The lowest BCUT2D eigenvalue weighted by Gasteiger charge is -2.20. The zero-order chi connectivity index (χ0) is 12.4. The molecule has 94 valence electrons. The normalized spacial score (nSPS) is 20.8. The fourth-order valence-electron chi connectivity index (χ4n) is 2.31. The van der Waals surface area contributed by atoms with Crippen molar-refractivity contribution < 1.29 is 9.21 Å². The molecule has 5 nitrogen and oxygen atoms in total. The van der Waals surface area contributed by atoms with E-state index in [0.29, 0.717) is 6.04 Å². The molecule has 1 unspecified atom stereocenters. The van der Waals surface area contributed by atoms with E-state index >= 15 is 0 Å². The van der Waals surface area contributed by atoms with E-state index < -0.39 is 0 Å². The summed E-state index contributed by atoms with van der Waals surface area (Å²) in [5, 5.41) is 0. The zero-order valence-electron chi connectivity index (χ0n) is 10.3. The van der Waals surface area contributed by atoms with E-state index in [1.54, 1.807) is 6.07 Å². The molecule has 1 aromatic rings. The topological polar surface area (TPSA) is 71.5 Å². The molecule has 2 rings (SSSR count). The third kappa shape index (κ3) is 2.50. The number of aryl methyl sites for hydroxylation is 1. The summed E-state index contributed by atoms with van der Waals surface area (Å²) in [6.07, 6.45) is 2.49. The molecule has 5 heteroatoms. The van der Waals surface area contributed by atoms with Crippen LogP contribution in [0.15, 0.2) is 10.5 Å². The van der Waals surface area contributed by atoms with Gasteiger partial charge in [-0.15, -0.1) is 0 Å². The SMILES string of the molecule is Cc1oc(C(=O)NN)cc1CN1CCCC1C. The smallest absolute Gasteiger partial charge is 0.300 e. The number of hydrogen-bond donors (Lipinski definition) is 2. The number of hydrazine groups is 1. The van der Waals surface area contributed by atoms with Crippen LogP contribution in [0.25, 0.3) is 0 Å². The van der Waals surface area contributed by atoms with Crippen molar-refractivity contribution in [2.45, 2.75) is 39.3 Å². The molecular formula is C12H19N3O2. The predicted molar refractivity (Wildman–Crippen MR) is 64.2 cm³/mol. The summed E-state index contributed by atoms with van der Waals surface area (Å²) in [6.45, 7) is 6.07. The Morgan fingerprint density at radius 3 is 3.06 bits per heavy atom. The summed E-state index contributed by atoms with van der Waals surface area (Å²) in [7, 11) is 0. The van der Waals surface area contributed by atoms with Crippen LogP contribution in [0.4, 0.5) is 0 Å². The van der Waals surface area contributed by atoms with Crippen LogP contribution in [0, 0.1) is 6.92 Å². The lowest BCUT2D eigenvalue weighted by molar-refractivity contribution is 0.0924. The number of carbonyl (C=O) groups excluding carboxylic acids is 1. The molecule has 0 aliphatic carbocycles. The number of rotatable bonds is 3. The third-order valence-electron chi connectivity index (χ3n) is 3.44. The van der Waals surface area contributed by atoms with Gasteiger partial charge < -0.3 is 4.42 Å². The van der Waals surface area contributed by atoms with Crippen LogP contribution in [-0.4, -0.2) is 23.4 Å². The number of nitrogens with zero attached hydrogens (tertiary/aromatic N) is 1. The zero-order valence-corrected chi connectivity index (χ0v) is 10.3. The average Bonchev–Trinajstić information content (AvgIpc) is 2.87. The molecule has 1 saturated heterocycles. The summed E-state index contributed by atoms with van der Waals surface area (Å²) in [5.74, 6) is 5.78. The van der Waals surface area contributed by atoms with Crippen LogP contribution in [-0.2, 0) is 6.54 Å². The minimum atomic E-state index is -0.381. The van der Waals surface area contributed by atoms with Crippen molar-refractivity contribution in [3.63, 3.8) is 0 Å². The van der Waals surface area contributed by atoms with E-state index in [2.05, 4.69) is 17.2 Å². The largest absolute Gasteiger partial charge is 0.456 e. The second kappa shape index (κ2) is 4.89. The molecule has 1 fully saturated rings.